The van der Waals surface area contributed by atoms with Gasteiger partial charge in [0.25, 0.3) is 0 Å². The van der Waals surface area contributed by atoms with Gasteiger partial charge in [0.15, 0.2) is 5.65 Å². The number of benzene rings is 2. The fourth-order valence-corrected chi connectivity index (χ4v) is 3.75. The minimum absolute atomic E-state index is 0.117. The molecule has 0 saturated heterocycles. The van der Waals surface area contributed by atoms with Crippen molar-refractivity contribution in [3.05, 3.63) is 60.7 Å². The summed E-state index contributed by atoms with van der Waals surface area (Å²) in [4.78, 5) is 23.6. The van der Waals surface area contributed by atoms with Crippen LogP contribution in [0.2, 0.25) is 0 Å². The number of aromatic nitrogens is 4. The summed E-state index contributed by atoms with van der Waals surface area (Å²) in [6, 6.07) is 18.2. The molecule has 9 nitrogen and oxygen atoms in total. The van der Waals surface area contributed by atoms with Crippen molar-refractivity contribution in [2.24, 2.45) is 0 Å². The zero-order valence-electron chi connectivity index (χ0n) is 17.4. The van der Waals surface area contributed by atoms with Crippen LogP contribution in [0.5, 0.6) is 5.75 Å². The van der Waals surface area contributed by atoms with Gasteiger partial charge in [0.2, 0.25) is 17.0 Å². The maximum Gasteiger partial charge on any atom is 0.234 e. The minimum Gasteiger partial charge on any atom is -0.496 e. The number of ether oxygens (including phenoxy) is 1. The van der Waals surface area contributed by atoms with E-state index in [1.807, 2.05) is 36.4 Å². The van der Waals surface area contributed by atoms with Gasteiger partial charge in [-0.1, -0.05) is 30.0 Å². The Hall–Kier alpha value is -3.92. The first-order valence-electron chi connectivity index (χ1n) is 9.69. The highest BCUT2D eigenvalue weighted by atomic mass is 32.2. The molecule has 2 aromatic heterocycles. The quantitative estimate of drug-likeness (QED) is 0.416. The fraction of sp³-hybridized carbons (Fsp3) is 0.136. The lowest BCUT2D eigenvalue weighted by atomic mass is 10.1. The summed E-state index contributed by atoms with van der Waals surface area (Å²) in [5, 5.41) is 18.9. The number of hydrogen-bond acceptors (Lipinski definition) is 7. The molecule has 0 atom stereocenters. The van der Waals surface area contributed by atoms with Gasteiger partial charge in [-0.25, -0.2) is 0 Å². The SMILES string of the molecule is COc1ccccc1-c1ccc2nnc(SCC(=O)Nc3cccc(NC(C)=O)c3)n2n1. The lowest BCUT2D eigenvalue weighted by molar-refractivity contribution is -0.114. The molecule has 32 heavy (non-hydrogen) atoms. The van der Waals surface area contributed by atoms with Crippen molar-refractivity contribution < 1.29 is 14.3 Å². The molecule has 4 aromatic rings. The Morgan fingerprint density at radius 1 is 1.00 bits per heavy atom. The molecule has 0 spiro atoms. The Kier molecular flexibility index (Phi) is 6.31. The molecule has 0 aliphatic carbocycles. The van der Waals surface area contributed by atoms with E-state index < -0.39 is 0 Å². The molecule has 0 bridgehead atoms. The van der Waals surface area contributed by atoms with E-state index in [1.54, 1.807) is 35.9 Å². The first kappa shape index (κ1) is 21.3. The average Bonchev–Trinajstić information content (AvgIpc) is 3.19. The summed E-state index contributed by atoms with van der Waals surface area (Å²) < 4.78 is 7.04. The van der Waals surface area contributed by atoms with E-state index in [0.29, 0.717) is 33.6 Å². The Morgan fingerprint density at radius 3 is 2.56 bits per heavy atom. The van der Waals surface area contributed by atoms with Crippen molar-refractivity contribution in [1.29, 1.82) is 0 Å². The molecule has 162 valence electrons. The van der Waals surface area contributed by atoms with Crippen molar-refractivity contribution in [2.75, 3.05) is 23.5 Å². The van der Waals surface area contributed by atoms with Crippen molar-refractivity contribution in [2.45, 2.75) is 12.1 Å². The number of para-hydroxylation sites is 1. The van der Waals surface area contributed by atoms with Crippen LogP contribution in [-0.2, 0) is 9.59 Å². The van der Waals surface area contributed by atoms with Crippen molar-refractivity contribution in [1.82, 2.24) is 19.8 Å². The number of carbonyl (C=O) groups is 2. The number of anilines is 2. The predicted octanol–water partition coefficient (Wildman–Crippen LogP) is 3.49. The van der Waals surface area contributed by atoms with Gasteiger partial charge >= 0.3 is 0 Å². The lowest BCUT2D eigenvalue weighted by Crippen LogP contribution is -2.15. The van der Waals surface area contributed by atoms with Crippen molar-refractivity contribution in [3.8, 4) is 17.0 Å². The van der Waals surface area contributed by atoms with E-state index in [4.69, 9.17) is 4.74 Å². The van der Waals surface area contributed by atoms with Crippen LogP contribution in [0.1, 0.15) is 6.92 Å². The number of nitrogens with zero attached hydrogens (tertiary/aromatic N) is 4. The topological polar surface area (TPSA) is 111 Å². The number of fused-ring (bicyclic) bond motifs is 1. The van der Waals surface area contributed by atoms with Crippen LogP contribution in [0.3, 0.4) is 0 Å². The highest BCUT2D eigenvalue weighted by Gasteiger charge is 2.13. The van der Waals surface area contributed by atoms with Crippen molar-refractivity contribution in [3.63, 3.8) is 0 Å². The predicted molar refractivity (Wildman–Crippen MR) is 123 cm³/mol. The van der Waals surface area contributed by atoms with Crippen LogP contribution in [-0.4, -0.2) is 44.5 Å². The number of carbonyl (C=O) groups excluding carboxylic acids is 2. The van der Waals surface area contributed by atoms with E-state index >= 15 is 0 Å². The largest absolute Gasteiger partial charge is 0.496 e. The fourth-order valence-electron chi connectivity index (χ4n) is 3.06. The number of amides is 2. The van der Waals surface area contributed by atoms with E-state index in [0.717, 1.165) is 5.56 Å². The van der Waals surface area contributed by atoms with Gasteiger partial charge in [-0.3, -0.25) is 9.59 Å². The summed E-state index contributed by atoms with van der Waals surface area (Å²) in [5.41, 5.74) is 3.33. The first-order chi connectivity index (χ1) is 15.5. The number of rotatable bonds is 7. The molecule has 2 aromatic carbocycles. The van der Waals surface area contributed by atoms with Crippen LogP contribution in [0.4, 0.5) is 11.4 Å². The van der Waals surface area contributed by atoms with E-state index in [9.17, 15) is 9.59 Å². The van der Waals surface area contributed by atoms with E-state index in [-0.39, 0.29) is 17.6 Å². The van der Waals surface area contributed by atoms with Gasteiger partial charge in [-0.05, 0) is 42.5 Å². The molecule has 0 fully saturated rings. The number of hydrogen-bond donors (Lipinski definition) is 2. The maximum absolute atomic E-state index is 12.4. The van der Waals surface area contributed by atoms with Crippen molar-refractivity contribution >= 4 is 40.6 Å². The molecule has 2 heterocycles. The molecule has 4 rings (SSSR count). The van der Waals surface area contributed by atoms with Gasteiger partial charge in [-0.15, -0.1) is 10.2 Å². The maximum atomic E-state index is 12.4. The molecule has 0 aliphatic heterocycles. The molecule has 0 saturated carbocycles. The third kappa shape index (κ3) is 4.86. The number of nitrogens with one attached hydrogen (secondary N) is 2. The molecule has 2 N–H and O–H groups in total. The molecular formula is C22H20N6O3S. The summed E-state index contributed by atoms with van der Waals surface area (Å²) in [6.45, 7) is 1.43. The monoisotopic (exact) mass is 448 g/mol. The van der Waals surface area contributed by atoms with Crippen LogP contribution in [0.15, 0.2) is 65.8 Å². The van der Waals surface area contributed by atoms with Crippen LogP contribution in [0.25, 0.3) is 16.9 Å². The van der Waals surface area contributed by atoms with Gasteiger partial charge in [-0.2, -0.15) is 9.61 Å². The number of thioether (sulfide) groups is 1. The summed E-state index contributed by atoms with van der Waals surface area (Å²) in [5.74, 6) is 0.434. The van der Waals surface area contributed by atoms with E-state index in [2.05, 4.69) is 25.9 Å². The lowest BCUT2D eigenvalue weighted by Gasteiger charge is -2.08. The normalized spacial score (nSPS) is 10.7. The molecule has 0 radical (unpaired) electrons. The van der Waals surface area contributed by atoms with Crippen LogP contribution < -0.4 is 15.4 Å². The van der Waals surface area contributed by atoms with E-state index in [1.165, 1.54) is 18.7 Å². The Labute approximate surface area is 188 Å². The Morgan fingerprint density at radius 2 is 1.78 bits per heavy atom. The third-order valence-corrected chi connectivity index (χ3v) is 5.34. The molecule has 0 unspecified atom stereocenters. The van der Waals surface area contributed by atoms with Gasteiger partial charge < -0.3 is 15.4 Å². The smallest absolute Gasteiger partial charge is 0.234 e. The highest BCUT2D eigenvalue weighted by molar-refractivity contribution is 7.99. The van der Waals surface area contributed by atoms with Gasteiger partial charge in [0, 0.05) is 23.9 Å². The van der Waals surface area contributed by atoms with Gasteiger partial charge in [0.1, 0.15) is 5.75 Å². The van der Waals surface area contributed by atoms with Crippen LogP contribution >= 0.6 is 11.8 Å². The third-order valence-electron chi connectivity index (χ3n) is 4.42. The second-order valence-corrected chi connectivity index (χ2v) is 7.71. The standard InChI is InChI=1S/C22H20N6O3S/c1-14(29)23-15-6-5-7-16(12-15)24-21(30)13-32-22-26-25-20-11-10-18(27-28(20)22)17-8-3-4-9-19(17)31-2/h3-12H,13H2,1-2H3,(H,23,29)(H,24,30). The zero-order chi connectivity index (χ0) is 22.5. The summed E-state index contributed by atoms with van der Waals surface area (Å²) in [6.07, 6.45) is 0. The number of methoxy groups -OCH3 is 1. The first-order valence-corrected chi connectivity index (χ1v) is 10.7. The Bertz CT molecular complexity index is 1290. The summed E-state index contributed by atoms with van der Waals surface area (Å²) >= 11 is 1.23. The molecule has 10 heteroatoms. The Balaban J connectivity index is 1.48. The zero-order valence-corrected chi connectivity index (χ0v) is 18.2. The second kappa shape index (κ2) is 9.48. The highest BCUT2D eigenvalue weighted by Crippen LogP contribution is 2.28. The summed E-state index contributed by atoms with van der Waals surface area (Å²) in [7, 11) is 1.61. The molecule has 0 aliphatic rings. The molecular weight excluding hydrogens is 428 g/mol. The minimum atomic E-state index is -0.215. The van der Waals surface area contributed by atoms with Gasteiger partial charge in [0.05, 0.1) is 18.6 Å². The second-order valence-electron chi connectivity index (χ2n) is 6.77. The molecule has 2 amide bonds. The van der Waals surface area contributed by atoms with Crippen LogP contribution in [0, 0.1) is 0 Å². The average molecular weight is 449 g/mol.